The molecule has 0 atom stereocenters. The predicted molar refractivity (Wildman–Crippen MR) is 68.5 cm³/mol. The van der Waals surface area contributed by atoms with Gasteiger partial charge in [-0.25, -0.2) is 0 Å². The molecule has 3 heteroatoms. The first-order valence-corrected chi connectivity index (χ1v) is 6.18. The topological polar surface area (TPSA) is 42.2 Å². The first-order valence-electron chi connectivity index (χ1n) is 6.18. The van der Waals surface area contributed by atoms with E-state index in [-0.39, 0.29) is 0 Å². The Morgan fingerprint density at radius 1 is 1.38 bits per heavy atom. The molecule has 0 unspecified atom stereocenters. The Labute approximate surface area is 97.7 Å². The van der Waals surface area contributed by atoms with Gasteiger partial charge >= 0.3 is 0 Å². The molecule has 1 aromatic rings. The molecule has 2 rings (SSSR count). The Hall–Kier alpha value is -1.25. The average Bonchev–Trinajstić information content (AvgIpc) is 2.31. The molecule has 0 spiro atoms. The molecule has 0 bridgehead atoms. The molecule has 0 aliphatic heterocycles. The molecule has 0 radical (unpaired) electrons. The maximum Gasteiger partial charge on any atom is 0.0738 e. The summed E-state index contributed by atoms with van der Waals surface area (Å²) in [6, 6.07) is 2.00. The van der Waals surface area contributed by atoms with Crippen LogP contribution in [0.3, 0.4) is 0 Å². The van der Waals surface area contributed by atoms with Crippen molar-refractivity contribution in [1.29, 1.82) is 0 Å². The molecule has 2 N–H and O–H groups in total. The fourth-order valence-electron chi connectivity index (χ4n) is 2.60. The highest BCUT2D eigenvalue weighted by Gasteiger charge is 2.16. The van der Waals surface area contributed by atoms with Crippen molar-refractivity contribution >= 4 is 11.4 Å². The van der Waals surface area contributed by atoms with E-state index in [0.717, 1.165) is 23.8 Å². The summed E-state index contributed by atoms with van der Waals surface area (Å²) in [6.45, 7) is 1.12. The van der Waals surface area contributed by atoms with Gasteiger partial charge in [-0.1, -0.05) is 19.3 Å². The van der Waals surface area contributed by atoms with Gasteiger partial charge in [-0.05, 0) is 24.8 Å². The Balaban J connectivity index is 1.96. The van der Waals surface area contributed by atoms with E-state index in [1.807, 2.05) is 12.3 Å². The van der Waals surface area contributed by atoms with Crippen molar-refractivity contribution < 1.29 is 0 Å². The van der Waals surface area contributed by atoms with Crippen LogP contribution in [0.2, 0.25) is 0 Å². The SMILES string of the molecule is CN(CC1CCCCC1)c1ccncc1N. The fourth-order valence-corrected chi connectivity index (χ4v) is 2.60. The predicted octanol–water partition coefficient (Wildman–Crippen LogP) is 2.68. The third-order valence-corrected chi connectivity index (χ3v) is 3.50. The smallest absolute Gasteiger partial charge is 0.0738 e. The molecule has 0 amide bonds. The third-order valence-electron chi connectivity index (χ3n) is 3.50. The number of aromatic nitrogens is 1. The van der Waals surface area contributed by atoms with Crippen molar-refractivity contribution in [2.75, 3.05) is 24.2 Å². The first kappa shape index (κ1) is 11.2. The standard InChI is InChI=1S/C13H21N3/c1-16(10-11-5-3-2-4-6-11)13-7-8-15-9-12(13)14/h7-9,11H,2-6,10,14H2,1H3. The summed E-state index contributed by atoms with van der Waals surface area (Å²) in [4.78, 5) is 6.29. The lowest BCUT2D eigenvalue weighted by molar-refractivity contribution is 0.362. The van der Waals surface area contributed by atoms with Crippen LogP contribution < -0.4 is 10.6 Å². The second-order valence-corrected chi connectivity index (χ2v) is 4.82. The van der Waals surface area contributed by atoms with E-state index in [1.54, 1.807) is 6.20 Å². The zero-order chi connectivity index (χ0) is 11.4. The van der Waals surface area contributed by atoms with Crippen molar-refractivity contribution in [1.82, 2.24) is 4.98 Å². The van der Waals surface area contributed by atoms with Crippen LogP contribution in [0.15, 0.2) is 18.5 Å². The summed E-state index contributed by atoms with van der Waals surface area (Å²) in [5.74, 6) is 0.839. The first-order chi connectivity index (χ1) is 7.77. The number of hydrogen-bond donors (Lipinski definition) is 1. The minimum atomic E-state index is 0.779. The highest BCUT2D eigenvalue weighted by Crippen LogP contribution is 2.27. The Kier molecular flexibility index (Phi) is 3.65. The van der Waals surface area contributed by atoms with Crippen LogP contribution in [-0.4, -0.2) is 18.6 Å². The van der Waals surface area contributed by atoms with E-state index >= 15 is 0 Å². The average molecular weight is 219 g/mol. The van der Waals surface area contributed by atoms with Crippen LogP contribution in [0.4, 0.5) is 11.4 Å². The van der Waals surface area contributed by atoms with Crippen molar-refractivity contribution in [3.05, 3.63) is 18.5 Å². The molecule has 88 valence electrons. The molecule has 1 aromatic heterocycles. The summed E-state index contributed by atoms with van der Waals surface area (Å²) in [7, 11) is 2.13. The molecule has 1 aliphatic carbocycles. The van der Waals surface area contributed by atoms with Gasteiger partial charge in [-0.2, -0.15) is 0 Å². The van der Waals surface area contributed by atoms with Crippen LogP contribution in [0, 0.1) is 5.92 Å². The Morgan fingerprint density at radius 3 is 2.81 bits per heavy atom. The van der Waals surface area contributed by atoms with E-state index in [1.165, 1.54) is 32.1 Å². The number of nitrogens with two attached hydrogens (primary N) is 1. The van der Waals surface area contributed by atoms with Crippen molar-refractivity contribution in [3.8, 4) is 0 Å². The molecule has 0 aromatic carbocycles. The lowest BCUT2D eigenvalue weighted by atomic mass is 9.89. The van der Waals surface area contributed by atoms with Crippen LogP contribution in [0.5, 0.6) is 0 Å². The fraction of sp³-hybridized carbons (Fsp3) is 0.615. The second-order valence-electron chi connectivity index (χ2n) is 4.82. The number of nitrogen functional groups attached to an aromatic ring is 1. The van der Waals surface area contributed by atoms with Gasteiger partial charge in [-0.3, -0.25) is 4.98 Å². The van der Waals surface area contributed by atoms with Gasteiger partial charge in [0.15, 0.2) is 0 Å². The number of rotatable bonds is 3. The van der Waals surface area contributed by atoms with Crippen molar-refractivity contribution in [2.45, 2.75) is 32.1 Å². The van der Waals surface area contributed by atoms with Gasteiger partial charge in [0.05, 0.1) is 17.6 Å². The monoisotopic (exact) mass is 219 g/mol. The van der Waals surface area contributed by atoms with Crippen molar-refractivity contribution in [2.24, 2.45) is 5.92 Å². The lowest BCUT2D eigenvalue weighted by Gasteiger charge is -2.28. The summed E-state index contributed by atoms with van der Waals surface area (Å²) >= 11 is 0. The third kappa shape index (κ3) is 2.65. The number of pyridine rings is 1. The van der Waals surface area contributed by atoms with Gasteiger partial charge in [0.1, 0.15) is 0 Å². The van der Waals surface area contributed by atoms with E-state index in [0.29, 0.717) is 0 Å². The molecule has 0 saturated heterocycles. The van der Waals surface area contributed by atoms with Crippen LogP contribution in [0.1, 0.15) is 32.1 Å². The normalized spacial score (nSPS) is 17.3. The molecule has 1 saturated carbocycles. The van der Waals surface area contributed by atoms with E-state index in [9.17, 15) is 0 Å². The maximum absolute atomic E-state index is 5.92. The summed E-state index contributed by atoms with van der Waals surface area (Å²) in [6.07, 6.45) is 10.5. The Bertz CT molecular complexity index is 332. The maximum atomic E-state index is 5.92. The molecule has 1 fully saturated rings. The highest BCUT2D eigenvalue weighted by molar-refractivity contribution is 5.65. The molecular formula is C13H21N3. The van der Waals surface area contributed by atoms with E-state index < -0.39 is 0 Å². The zero-order valence-electron chi connectivity index (χ0n) is 10.0. The molecule has 3 nitrogen and oxygen atoms in total. The summed E-state index contributed by atoms with van der Waals surface area (Å²) < 4.78 is 0. The lowest BCUT2D eigenvalue weighted by Crippen LogP contribution is -2.27. The number of anilines is 2. The van der Waals surface area contributed by atoms with Crippen LogP contribution in [-0.2, 0) is 0 Å². The van der Waals surface area contributed by atoms with Gasteiger partial charge < -0.3 is 10.6 Å². The minimum Gasteiger partial charge on any atom is -0.396 e. The minimum absolute atomic E-state index is 0.779. The van der Waals surface area contributed by atoms with Crippen molar-refractivity contribution in [3.63, 3.8) is 0 Å². The second kappa shape index (κ2) is 5.19. The number of nitrogens with zero attached hydrogens (tertiary/aromatic N) is 2. The molecule has 1 aliphatic rings. The molecule has 1 heterocycles. The van der Waals surface area contributed by atoms with Gasteiger partial charge in [0.2, 0.25) is 0 Å². The van der Waals surface area contributed by atoms with E-state index in [2.05, 4.69) is 16.9 Å². The number of hydrogen-bond acceptors (Lipinski definition) is 3. The quantitative estimate of drug-likeness (QED) is 0.850. The highest BCUT2D eigenvalue weighted by atomic mass is 15.1. The van der Waals surface area contributed by atoms with Crippen LogP contribution in [0.25, 0.3) is 0 Å². The van der Waals surface area contributed by atoms with Crippen LogP contribution >= 0.6 is 0 Å². The zero-order valence-corrected chi connectivity index (χ0v) is 10.0. The summed E-state index contributed by atoms with van der Waals surface area (Å²) in [5.41, 5.74) is 7.81. The molecular weight excluding hydrogens is 198 g/mol. The van der Waals surface area contributed by atoms with Gasteiger partial charge in [0.25, 0.3) is 0 Å². The Morgan fingerprint density at radius 2 is 2.12 bits per heavy atom. The van der Waals surface area contributed by atoms with Gasteiger partial charge in [0, 0.05) is 19.8 Å². The largest absolute Gasteiger partial charge is 0.396 e. The van der Waals surface area contributed by atoms with Gasteiger partial charge in [-0.15, -0.1) is 0 Å². The molecule has 16 heavy (non-hydrogen) atoms. The van der Waals surface area contributed by atoms with E-state index in [4.69, 9.17) is 5.73 Å². The summed E-state index contributed by atoms with van der Waals surface area (Å²) in [5, 5.41) is 0.